The third-order valence-corrected chi connectivity index (χ3v) is 8.99. The molecule has 0 saturated carbocycles. The number of ether oxygens (including phenoxy) is 2. The fourth-order valence-electron chi connectivity index (χ4n) is 6.40. The molecular weight excluding hydrogens is 660 g/mol. The van der Waals surface area contributed by atoms with E-state index in [1.807, 2.05) is 24.5 Å². The summed E-state index contributed by atoms with van der Waals surface area (Å²) < 4.78 is 12.9. The minimum atomic E-state index is 0.200. The van der Waals surface area contributed by atoms with Gasteiger partial charge in [-0.15, -0.1) is 0 Å². The van der Waals surface area contributed by atoms with Gasteiger partial charge >= 0.3 is 0 Å². The molecule has 0 atom stereocenters. The van der Waals surface area contributed by atoms with Crippen molar-refractivity contribution in [2.45, 2.75) is 13.5 Å². The van der Waals surface area contributed by atoms with Crippen LogP contribution in [0.1, 0.15) is 11.1 Å². The van der Waals surface area contributed by atoms with Gasteiger partial charge in [0.05, 0.1) is 45.6 Å². The Bertz CT molecular complexity index is 2330. The molecule has 2 aliphatic heterocycles. The summed E-state index contributed by atoms with van der Waals surface area (Å²) >= 11 is 0. The van der Waals surface area contributed by atoms with Gasteiger partial charge < -0.3 is 39.0 Å². The van der Waals surface area contributed by atoms with Gasteiger partial charge in [0.15, 0.2) is 11.3 Å². The summed E-state index contributed by atoms with van der Waals surface area (Å²) in [4.78, 5) is 35.1. The normalized spacial score (nSPS) is 14.8. The smallest absolute Gasteiger partial charge is 0.228 e. The van der Waals surface area contributed by atoms with Gasteiger partial charge in [-0.05, 0) is 36.8 Å². The van der Waals surface area contributed by atoms with E-state index in [-0.39, 0.29) is 11.5 Å². The average Bonchev–Trinajstić information content (AvgIpc) is 3.82. The molecule has 0 aliphatic carbocycles. The SMILES string of the molecule is Cc1cccc(Cn2cnc3c(-c4cccc(O)c4)nc(N4CCOCC4)nc32)c1.Oc1cccc(-c2nc(N3CCOCC3)nc3nc[nH]c23)c1. The molecule has 2 saturated heterocycles. The second-order valence-electron chi connectivity index (χ2n) is 12.7. The van der Waals surface area contributed by atoms with E-state index < -0.39 is 0 Å². The highest BCUT2D eigenvalue weighted by Gasteiger charge is 2.21. The molecule has 14 heteroatoms. The van der Waals surface area contributed by atoms with Crippen molar-refractivity contribution in [2.24, 2.45) is 0 Å². The average molecular weight is 699 g/mol. The number of aromatic hydroxyl groups is 2. The predicted molar refractivity (Wildman–Crippen MR) is 198 cm³/mol. The zero-order valence-corrected chi connectivity index (χ0v) is 28.7. The second kappa shape index (κ2) is 14.6. The van der Waals surface area contributed by atoms with Crippen LogP contribution in [0.25, 0.3) is 44.8 Å². The fraction of sp³-hybridized carbons (Fsp3) is 0.263. The Morgan fingerprint density at radius 1 is 0.692 bits per heavy atom. The molecule has 52 heavy (non-hydrogen) atoms. The van der Waals surface area contributed by atoms with Crippen LogP contribution in [-0.4, -0.2) is 102 Å². The van der Waals surface area contributed by atoms with E-state index in [0.717, 1.165) is 65.4 Å². The molecule has 0 amide bonds. The lowest BCUT2D eigenvalue weighted by Gasteiger charge is -2.27. The Morgan fingerprint density at radius 2 is 1.31 bits per heavy atom. The summed E-state index contributed by atoms with van der Waals surface area (Å²) in [6.45, 7) is 8.44. The lowest BCUT2D eigenvalue weighted by Crippen LogP contribution is -2.37. The Morgan fingerprint density at radius 3 is 1.96 bits per heavy atom. The lowest BCUT2D eigenvalue weighted by molar-refractivity contribution is 0.122. The van der Waals surface area contributed by atoms with E-state index in [0.29, 0.717) is 50.5 Å². The van der Waals surface area contributed by atoms with E-state index in [9.17, 15) is 10.2 Å². The van der Waals surface area contributed by atoms with E-state index in [2.05, 4.69) is 70.5 Å². The van der Waals surface area contributed by atoms with Gasteiger partial charge in [0.25, 0.3) is 0 Å². The lowest BCUT2D eigenvalue weighted by atomic mass is 10.1. The van der Waals surface area contributed by atoms with Crippen LogP contribution in [0.4, 0.5) is 11.9 Å². The summed E-state index contributed by atoms with van der Waals surface area (Å²) in [5.74, 6) is 1.71. The Labute approximate surface area is 299 Å². The van der Waals surface area contributed by atoms with Gasteiger partial charge in [0, 0.05) is 37.3 Å². The van der Waals surface area contributed by atoms with Crippen molar-refractivity contribution in [3.05, 3.63) is 96.6 Å². The number of rotatable bonds is 6. The van der Waals surface area contributed by atoms with Crippen molar-refractivity contribution in [2.75, 3.05) is 62.4 Å². The number of aryl methyl sites for hydroxylation is 1. The van der Waals surface area contributed by atoms with Crippen molar-refractivity contribution in [1.29, 1.82) is 0 Å². The number of hydrogen-bond donors (Lipinski definition) is 3. The van der Waals surface area contributed by atoms with Crippen molar-refractivity contribution >= 4 is 34.2 Å². The molecule has 3 N–H and O–H groups in total. The molecule has 0 spiro atoms. The zero-order chi connectivity index (χ0) is 35.4. The highest BCUT2D eigenvalue weighted by Crippen LogP contribution is 2.31. The van der Waals surface area contributed by atoms with Gasteiger partial charge in [0.1, 0.15) is 33.9 Å². The molecule has 264 valence electrons. The van der Waals surface area contributed by atoms with Crippen molar-refractivity contribution in [3.63, 3.8) is 0 Å². The number of aromatic nitrogens is 8. The van der Waals surface area contributed by atoms with E-state index in [1.165, 1.54) is 11.1 Å². The first-order chi connectivity index (χ1) is 25.5. The Balaban J connectivity index is 0.000000156. The first-order valence-corrected chi connectivity index (χ1v) is 17.2. The highest BCUT2D eigenvalue weighted by molar-refractivity contribution is 5.89. The van der Waals surface area contributed by atoms with E-state index in [4.69, 9.17) is 19.4 Å². The first kappa shape index (κ1) is 33.0. The number of morpholine rings is 2. The van der Waals surface area contributed by atoms with Crippen LogP contribution in [0.5, 0.6) is 11.5 Å². The monoisotopic (exact) mass is 698 g/mol. The molecule has 3 aromatic carbocycles. The number of fused-ring (bicyclic) bond motifs is 2. The minimum absolute atomic E-state index is 0.200. The summed E-state index contributed by atoms with van der Waals surface area (Å²) in [6.07, 6.45) is 3.42. The van der Waals surface area contributed by atoms with Crippen molar-refractivity contribution in [1.82, 2.24) is 39.5 Å². The number of hydrogen-bond acceptors (Lipinski definition) is 12. The fourth-order valence-corrected chi connectivity index (χ4v) is 6.40. The molecule has 7 aromatic rings. The molecule has 2 aliphatic rings. The number of nitrogens with zero attached hydrogens (tertiary/aromatic N) is 9. The van der Waals surface area contributed by atoms with E-state index in [1.54, 1.807) is 36.7 Å². The maximum absolute atomic E-state index is 9.99. The van der Waals surface area contributed by atoms with Gasteiger partial charge in [-0.25, -0.2) is 19.9 Å². The highest BCUT2D eigenvalue weighted by atomic mass is 16.5. The van der Waals surface area contributed by atoms with Crippen molar-refractivity contribution < 1.29 is 19.7 Å². The molecule has 6 heterocycles. The van der Waals surface area contributed by atoms with Gasteiger partial charge in [-0.1, -0.05) is 54.1 Å². The molecule has 0 radical (unpaired) electrons. The molecule has 14 nitrogen and oxygen atoms in total. The predicted octanol–water partition coefficient (Wildman–Crippen LogP) is 4.95. The molecular formula is C38H38N10O4. The van der Waals surface area contributed by atoms with Crippen molar-refractivity contribution in [3.8, 4) is 34.0 Å². The topological polar surface area (TPSA) is 163 Å². The number of phenolic OH excluding ortho intramolecular Hbond substituents is 2. The van der Waals surface area contributed by atoms with Crippen LogP contribution < -0.4 is 9.80 Å². The number of aromatic amines is 1. The number of phenols is 2. The van der Waals surface area contributed by atoms with Crippen LogP contribution in [0.2, 0.25) is 0 Å². The number of benzene rings is 3. The minimum Gasteiger partial charge on any atom is -0.508 e. The van der Waals surface area contributed by atoms with E-state index >= 15 is 0 Å². The Kier molecular flexibility index (Phi) is 9.29. The summed E-state index contributed by atoms with van der Waals surface area (Å²) in [6, 6.07) is 22.6. The van der Waals surface area contributed by atoms with Crippen LogP contribution in [0, 0.1) is 6.92 Å². The zero-order valence-electron chi connectivity index (χ0n) is 28.7. The summed E-state index contributed by atoms with van der Waals surface area (Å²) in [7, 11) is 0. The third kappa shape index (κ3) is 7.06. The number of anilines is 2. The summed E-state index contributed by atoms with van der Waals surface area (Å²) in [5, 5.41) is 19.7. The van der Waals surface area contributed by atoms with Gasteiger partial charge in [0.2, 0.25) is 11.9 Å². The Hall–Kier alpha value is -6.12. The number of nitrogens with one attached hydrogen (secondary N) is 1. The van der Waals surface area contributed by atoms with Crippen LogP contribution in [-0.2, 0) is 16.0 Å². The molecule has 2 fully saturated rings. The molecule has 4 aromatic heterocycles. The number of H-pyrrole nitrogens is 1. The first-order valence-electron chi connectivity index (χ1n) is 17.2. The largest absolute Gasteiger partial charge is 0.508 e. The second-order valence-corrected chi connectivity index (χ2v) is 12.7. The van der Waals surface area contributed by atoms with Crippen LogP contribution in [0.15, 0.2) is 85.5 Å². The van der Waals surface area contributed by atoms with Crippen LogP contribution in [0.3, 0.4) is 0 Å². The van der Waals surface area contributed by atoms with Gasteiger partial charge in [-0.3, -0.25) is 0 Å². The maximum atomic E-state index is 9.99. The van der Waals surface area contributed by atoms with Crippen LogP contribution >= 0.6 is 0 Å². The number of imidazole rings is 2. The maximum Gasteiger partial charge on any atom is 0.228 e. The quantitative estimate of drug-likeness (QED) is 0.214. The molecule has 0 unspecified atom stereocenters. The molecule has 0 bridgehead atoms. The standard InChI is InChI=1S/C23H23N5O2.C15H15N5O2/c1-16-4-2-5-17(12-16)14-28-15-24-21-20(18-6-3-7-19(29)13-18)25-23(26-22(21)28)27-8-10-30-11-9-27;21-11-3-1-2-10(8-11)12-13-14(17-9-16-13)19-15(18-12)20-4-6-22-7-5-20/h2-7,12-13,15,29H,8-11,14H2,1H3;1-3,8-9,21H,4-7H2,(H,16,17,18,19). The van der Waals surface area contributed by atoms with Gasteiger partial charge in [-0.2, -0.15) is 9.97 Å². The third-order valence-electron chi connectivity index (χ3n) is 8.99. The summed E-state index contributed by atoms with van der Waals surface area (Å²) in [5.41, 5.74) is 8.42. The molecule has 9 rings (SSSR count).